The highest BCUT2D eigenvalue weighted by molar-refractivity contribution is 5.25. The van der Waals surface area contributed by atoms with E-state index in [0.29, 0.717) is 19.0 Å². The fourth-order valence-electron chi connectivity index (χ4n) is 1.50. The Labute approximate surface area is 110 Å². The predicted molar refractivity (Wildman–Crippen MR) is 72.7 cm³/mol. The van der Waals surface area contributed by atoms with E-state index in [2.05, 4.69) is 11.9 Å². The summed E-state index contributed by atoms with van der Waals surface area (Å²) in [6.45, 7) is 7.25. The summed E-state index contributed by atoms with van der Waals surface area (Å²) in [5.74, 6) is 0.654. The van der Waals surface area contributed by atoms with Gasteiger partial charge in [-0.1, -0.05) is 6.92 Å². The number of nitrogens with two attached hydrogens (primary N) is 1. The van der Waals surface area contributed by atoms with Gasteiger partial charge in [-0.15, -0.1) is 0 Å². The Kier molecular flexibility index (Phi) is 5.56. The Morgan fingerprint density at radius 2 is 2.06 bits per heavy atom. The summed E-state index contributed by atoms with van der Waals surface area (Å²) in [7, 11) is 1.71. The second-order valence-corrected chi connectivity index (χ2v) is 4.92. The monoisotopic (exact) mass is 252 g/mol. The zero-order chi connectivity index (χ0) is 13.6. The molecule has 1 rings (SSSR count). The quantitative estimate of drug-likeness (QED) is 0.809. The lowest BCUT2D eigenvalue weighted by Crippen LogP contribution is -2.25. The average molecular weight is 252 g/mol. The van der Waals surface area contributed by atoms with Gasteiger partial charge in [0.05, 0.1) is 12.2 Å². The number of methoxy groups -OCH3 is 1. The van der Waals surface area contributed by atoms with Crippen LogP contribution in [0, 0.1) is 0 Å². The molecule has 0 atom stereocenters. The van der Waals surface area contributed by atoms with Crippen LogP contribution in [0.1, 0.15) is 38.4 Å². The minimum atomic E-state index is -0.168. The van der Waals surface area contributed by atoms with Gasteiger partial charge in [-0.3, -0.25) is 0 Å². The smallest absolute Gasteiger partial charge is 0.213 e. The predicted octanol–water partition coefficient (Wildman–Crippen LogP) is 2.30. The molecule has 0 aromatic carbocycles. The highest BCUT2D eigenvalue weighted by Gasteiger charge is 2.16. The minimum Gasteiger partial charge on any atom is -0.478 e. The Morgan fingerprint density at radius 3 is 2.61 bits per heavy atom. The number of aryl methyl sites for hydroxylation is 1. The van der Waals surface area contributed by atoms with Gasteiger partial charge in [0.15, 0.2) is 0 Å². The SMILES string of the molecule is CCc1cc(CN)cc(OCCC(C)(C)OC)n1. The molecule has 0 aliphatic carbocycles. The van der Waals surface area contributed by atoms with Crippen LogP contribution in [0.5, 0.6) is 5.88 Å². The van der Waals surface area contributed by atoms with E-state index < -0.39 is 0 Å². The van der Waals surface area contributed by atoms with Crippen LogP contribution in [0.15, 0.2) is 12.1 Å². The van der Waals surface area contributed by atoms with Gasteiger partial charge in [0.2, 0.25) is 5.88 Å². The van der Waals surface area contributed by atoms with E-state index >= 15 is 0 Å². The second-order valence-electron chi connectivity index (χ2n) is 4.92. The van der Waals surface area contributed by atoms with E-state index in [1.54, 1.807) is 7.11 Å². The maximum atomic E-state index is 5.68. The number of rotatable bonds is 7. The highest BCUT2D eigenvalue weighted by Crippen LogP contribution is 2.16. The first-order valence-corrected chi connectivity index (χ1v) is 6.38. The summed E-state index contributed by atoms with van der Waals surface area (Å²) in [4.78, 5) is 4.43. The van der Waals surface area contributed by atoms with E-state index in [9.17, 15) is 0 Å². The molecule has 4 nitrogen and oxygen atoms in total. The van der Waals surface area contributed by atoms with E-state index in [0.717, 1.165) is 24.1 Å². The molecule has 1 heterocycles. The molecule has 0 aliphatic heterocycles. The zero-order valence-corrected chi connectivity index (χ0v) is 11.8. The van der Waals surface area contributed by atoms with Crippen molar-refractivity contribution in [3.63, 3.8) is 0 Å². The van der Waals surface area contributed by atoms with Crippen molar-refractivity contribution in [3.8, 4) is 5.88 Å². The molecule has 4 heteroatoms. The Balaban J connectivity index is 2.61. The first-order valence-electron chi connectivity index (χ1n) is 6.38. The molecule has 18 heavy (non-hydrogen) atoms. The van der Waals surface area contributed by atoms with Crippen molar-refractivity contribution in [2.45, 2.75) is 45.8 Å². The molecule has 0 unspecified atom stereocenters. The van der Waals surface area contributed by atoms with Crippen LogP contribution in [0.3, 0.4) is 0 Å². The van der Waals surface area contributed by atoms with Crippen LogP contribution >= 0.6 is 0 Å². The molecule has 2 N–H and O–H groups in total. The van der Waals surface area contributed by atoms with Crippen LogP contribution in [0.25, 0.3) is 0 Å². The molecule has 0 radical (unpaired) electrons. The van der Waals surface area contributed by atoms with E-state index in [-0.39, 0.29) is 5.60 Å². The number of hydrogen-bond acceptors (Lipinski definition) is 4. The van der Waals surface area contributed by atoms with Gasteiger partial charge < -0.3 is 15.2 Å². The third-order valence-corrected chi connectivity index (χ3v) is 3.02. The molecule has 0 fully saturated rings. The van der Waals surface area contributed by atoms with Gasteiger partial charge in [-0.05, 0) is 31.9 Å². The van der Waals surface area contributed by atoms with E-state index in [1.165, 1.54) is 0 Å². The van der Waals surface area contributed by atoms with Crippen LogP contribution < -0.4 is 10.5 Å². The summed E-state index contributed by atoms with van der Waals surface area (Å²) in [6.07, 6.45) is 1.70. The molecule has 0 saturated carbocycles. The van der Waals surface area contributed by atoms with Crippen molar-refractivity contribution in [3.05, 3.63) is 23.4 Å². The second kappa shape index (κ2) is 6.71. The molecule has 102 valence electrons. The van der Waals surface area contributed by atoms with Crippen molar-refractivity contribution in [1.29, 1.82) is 0 Å². The summed E-state index contributed by atoms with van der Waals surface area (Å²) in [5.41, 5.74) is 7.56. The summed E-state index contributed by atoms with van der Waals surface area (Å²) < 4.78 is 11.0. The van der Waals surface area contributed by atoms with Gasteiger partial charge in [-0.2, -0.15) is 0 Å². The molecule has 0 amide bonds. The van der Waals surface area contributed by atoms with Gasteiger partial charge in [0.25, 0.3) is 0 Å². The number of hydrogen-bond donors (Lipinski definition) is 1. The molecule has 0 aliphatic rings. The maximum Gasteiger partial charge on any atom is 0.213 e. The number of pyridine rings is 1. The Bertz CT molecular complexity index is 356. The standard InChI is InChI=1S/C14H24N2O2/c1-5-12-8-11(10-15)9-13(16-12)18-7-6-14(2,3)17-4/h8-9H,5-7,10,15H2,1-4H3. The maximum absolute atomic E-state index is 5.68. The number of ether oxygens (including phenoxy) is 2. The summed E-state index contributed by atoms with van der Waals surface area (Å²) in [5, 5.41) is 0. The van der Waals surface area contributed by atoms with Crippen molar-refractivity contribution in [2.75, 3.05) is 13.7 Å². The first-order chi connectivity index (χ1) is 8.50. The minimum absolute atomic E-state index is 0.168. The topological polar surface area (TPSA) is 57.4 Å². The third-order valence-electron chi connectivity index (χ3n) is 3.02. The fraction of sp³-hybridized carbons (Fsp3) is 0.643. The van der Waals surface area contributed by atoms with Crippen LogP contribution in [0.2, 0.25) is 0 Å². The van der Waals surface area contributed by atoms with E-state index in [4.69, 9.17) is 15.2 Å². The van der Waals surface area contributed by atoms with Crippen molar-refractivity contribution in [1.82, 2.24) is 4.98 Å². The van der Waals surface area contributed by atoms with Crippen molar-refractivity contribution in [2.24, 2.45) is 5.73 Å². The van der Waals surface area contributed by atoms with Gasteiger partial charge in [0, 0.05) is 31.8 Å². The molecule has 0 bridgehead atoms. The molecule has 1 aromatic rings. The molecule has 1 aromatic heterocycles. The lowest BCUT2D eigenvalue weighted by atomic mass is 10.1. The molecular formula is C14H24N2O2. The Morgan fingerprint density at radius 1 is 1.33 bits per heavy atom. The van der Waals surface area contributed by atoms with Crippen molar-refractivity contribution < 1.29 is 9.47 Å². The van der Waals surface area contributed by atoms with Gasteiger partial charge >= 0.3 is 0 Å². The summed E-state index contributed by atoms with van der Waals surface area (Å²) in [6, 6.07) is 3.92. The molecule has 0 spiro atoms. The van der Waals surface area contributed by atoms with Crippen LogP contribution in [0.4, 0.5) is 0 Å². The van der Waals surface area contributed by atoms with E-state index in [1.807, 2.05) is 26.0 Å². The molecular weight excluding hydrogens is 228 g/mol. The Hall–Kier alpha value is -1.13. The highest BCUT2D eigenvalue weighted by atomic mass is 16.5. The zero-order valence-electron chi connectivity index (χ0n) is 11.8. The largest absolute Gasteiger partial charge is 0.478 e. The van der Waals surface area contributed by atoms with Crippen molar-refractivity contribution >= 4 is 0 Å². The van der Waals surface area contributed by atoms with Gasteiger partial charge in [-0.25, -0.2) is 4.98 Å². The third kappa shape index (κ3) is 4.63. The number of nitrogens with zero attached hydrogens (tertiary/aromatic N) is 1. The normalized spacial score (nSPS) is 11.6. The molecule has 0 saturated heterocycles. The average Bonchev–Trinajstić information content (AvgIpc) is 2.38. The lowest BCUT2D eigenvalue weighted by Gasteiger charge is -2.22. The number of aromatic nitrogens is 1. The fourth-order valence-corrected chi connectivity index (χ4v) is 1.50. The lowest BCUT2D eigenvalue weighted by molar-refractivity contribution is 0.00507. The van der Waals surface area contributed by atoms with Gasteiger partial charge in [0.1, 0.15) is 0 Å². The summed E-state index contributed by atoms with van der Waals surface area (Å²) >= 11 is 0. The van der Waals surface area contributed by atoms with Crippen LogP contribution in [-0.2, 0) is 17.7 Å². The van der Waals surface area contributed by atoms with Crippen LogP contribution in [-0.4, -0.2) is 24.3 Å². The first kappa shape index (κ1) is 14.9.